The molecule has 8 nitrogen and oxygen atoms in total. The summed E-state index contributed by atoms with van der Waals surface area (Å²) in [7, 11) is 1.79. The molecule has 10 heteroatoms. The number of aromatic hydroxyl groups is 1. The van der Waals surface area contributed by atoms with Gasteiger partial charge < -0.3 is 15.0 Å². The molecule has 0 atom stereocenters. The molecule has 172 valence electrons. The number of carbonyl (C=O) groups excluding carboxylic acids is 3. The fourth-order valence-corrected chi connectivity index (χ4v) is 3.46. The van der Waals surface area contributed by atoms with E-state index in [4.69, 9.17) is 0 Å². The molecule has 0 saturated carbocycles. The number of hydrogen-bond acceptors (Lipinski definition) is 4. The maximum atomic E-state index is 13.3. The number of rotatable bonds is 4. The number of phenolic OH excluding ortho intramolecular Hbond substituents is 1. The Morgan fingerprint density at radius 3 is 2.15 bits per heavy atom. The van der Waals surface area contributed by atoms with Gasteiger partial charge in [0.2, 0.25) is 0 Å². The molecule has 0 fully saturated rings. The Morgan fingerprint density at radius 2 is 1.47 bits per heavy atom. The van der Waals surface area contributed by atoms with Gasteiger partial charge in [-0.15, -0.1) is 0 Å². The van der Waals surface area contributed by atoms with E-state index in [0.717, 1.165) is 23.7 Å². The molecule has 0 radical (unpaired) electrons. The number of nitrogens with one attached hydrogen (secondary N) is 3. The Kier molecular flexibility index (Phi) is 5.96. The second-order valence-corrected chi connectivity index (χ2v) is 7.42. The highest BCUT2D eigenvalue weighted by Crippen LogP contribution is 2.23. The summed E-state index contributed by atoms with van der Waals surface area (Å²) in [4.78, 5) is 37.2. The maximum Gasteiger partial charge on any atom is 0.273 e. The molecule has 0 unspecified atom stereocenters. The van der Waals surface area contributed by atoms with Gasteiger partial charge in [0.25, 0.3) is 17.7 Å². The van der Waals surface area contributed by atoms with Crippen molar-refractivity contribution in [2.75, 3.05) is 5.32 Å². The van der Waals surface area contributed by atoms with Gasteiger partial charge in [-0.05, 0) is 30.3 Å². The van der Waals surface area contributed by atoms with Crippen molar-refractivity contribution >= 4 is 34.3 Å². The molecule has 0 aliphatic rings. The summed E-state index contributed by atoms with van der Waals surface area (Å²) >= 11 is 0. The van der Waals surface area contributed by atoms with Crippen LogP contribution in [-0.4, -0.2) is 27.4 Å². The van der Waals surface area contributed by atoms with Crippen LogP contribution in [0.3, 0.4) is 0 Å². The zero-order chi connectivity index (χ0) is 24.4. The molecule has 1 heterocycles. The first-order valence-corrected chi connectivity index (χ1v) is 9.98. The largest absolute Gasteiger partial charge is 0.507 e. The average molecular weight is 464 g/mol. The maximum absolute atomic E-state index is 13.3. The van der Waals surface area contributed by atoms with Crippen LogP contribution in [-0.2, 0) is 7.05 Å². The zero-order valence-corrected chi connectivity index (χ0v) is 17.7. The van der Waals surface area contributed by atoms with Crippen molar-refractivity contribution in [3.05, 3.63) is 95.2 Å². The van der Waals surface area contributed by atoms with E-state index in [1.165, 1.54) is 12.1 Å². The number of aromatic nitrogens is 1. The summed E-state index contributed by atoms with van der Waals surface area (Å²) in [6.07, 6.45) is 1.63. The van der Waals surface area contributed by atoms with E-state index in [0.29, 0.717) is 17.0 Å². The molecule has 1 aromatic heterocycles. The summed E-state index contributed by atoms with van der Waals surface area (Å²) < 4.78 is 28.4. The number of hydrazine groups is 1. The normalized spacial score (nSPS) is 10.7. The third-order valence-electron chi connectivity index (χ3n) is 5.06. The third kappa shape index (κ3) is 4.56. The predicted molar refractivity (Wildman–Crippen MR) is 120 cm³/mol. The van der Waals surface area contributed by atoms with Gasteiger partial charge in [0, 0.05) is 47.5 Å². The van der Waals surface area contributed by atoms with Crippen molar-refractivity contribution in [3.8, 4) is 5.75 Å². The van der Waals surface area contributed by atoms with E-state index in [1.807, 2.05) is 12.1 Å². The monoisotopic (exact) mass is 464 g/mol. The Bertz CT molecular complexity index is 1430. The first-order chi connectivity index (χ1) is 16.2. The van der Waals surface area contributed by atoms with Crippen molar-refractivity contribution in [1.82, 2.24) is 15.4 Å². The summed E-state index contributed by atoms with van der Waals surface area (Å²) in [5.41, 5.74) is 5.39. The molecule has 0 aliphatic carbocycles. The molecule has 3 amide bonds. The molecule has 34 heavy (non-hydrogen) atoms. The van der Waals surface area contributed by atoms with Gasteiger partial charge in [-0.3, -0.25) is 25.2 Å². The first-order valence-electron chi connectivity index (χ1n) is 9.98. The molecule has 0 aliphatic heterocycles. The Labute approximate surface area is 191 Å². The number of fused-ring (bicyclic) bond motifs is 1. The minimum absolute atomic E-state index is 0.0866. The van der Waals surface area contributed by atoms with E-state index in [9.17, 15) is 28.3 Å². The average Bonchev–Trinajstić information content (AvgIpc) is 3.13. The number of amides is 3. The molecular formula is C24H18F2N4O4. The number of anilines is 1. The van der Waals surface area contributed by atoms with Crippen LogP contribution in [0, 0.1) is 11.6 Å². The van der Waals surface area contributed by atoms with E-state index in [1.54, 1.807) is 29.9 Å². The number of nitrogens with zero attached hydrogens (tertiary/aromatic N) is 1. The van der Waals surface area contributed by atoms with E-state index in [-0.39, 0.29) is 16.8 Å². The van der Waals surface area contributed by atoms with Gasteiger partial charge in [0.05, 0.1) is 11.1 Å². The van der Waals surface area contributed by atoms with Crippen LogP contribution in [0.5, 0.6) is 5.75 Å². The van der Waals surface area contributed by atoms with Crippen molar-refractivity contribution in [2.45, 2.75) is 0 Å². The Hall–Kier alpha value is -4.73. The van der Waals surface area contributed by atoms with Crippen LogP contribution < -0.4 is 16.2 Å². The topological polar surface area (TPSA) is 112 Å². The van der Waals surface area contributed by atoms with Gasteiger partial charge in [0.1, 0.15) is 17.4 Å². The lowest BCUT2D eigenvalue weighted by atomic mass is 10.1. The summed E-state index contributed by atoms with van der Waals surface area (Å²) in [5.74, 6) is -4.46. The van der Waals surface area contributed by atoms with Crippen molar-refractivity contribution in [3.63, 3.8) is 0 Å². The first kappa shape index (κ1) is 22.5. The van der Waals surface area contributed by atoms with Crippen LogP contribution in [0.4, 0.5) is 14.5 Å². The van der Waals surface area contributed by atoms with E-state index >= 15 is 0 Å². The van der Waals surface area contributed by atoms with Crippen molar-refractivity contribution in [2.24, 2.45) is 7.05 Å². The summed E-state index contributed by atoms with van der Waals surface area (Å²) in [5, 5.41) is 13.3. The quantitative estimate of drug-likeness (QED) is 0.347. The lowest BCUT2D eigenvalue weighted by Crippen LogP contribution is -2.41. The van der Waals surface area contributed by atoms with Crippen LogP contribution in [0.25, 0.3) is 10.9 Å². The molecule has 0 spiro atoms. The van der Waals surface area contributed by atoms with E-state index < -0.39 is 35.1 Å². The number of benzene rings is 3. The Balaban J connectivity index is 1.42. The summed E-state index contributed by atoms with van der Waals surface area (Å²) in [6.45, 7) is 0. The summed E-state index contributed by atoms with van der Waals surface area (Å²) in [6, 6.07) is 13.3. The van der Waals surface area contributed by atoms with E-state index in [2.05, 4.69) is 16.2 Å². The standard InChI is InChI=1S/C24H18F2N4O4/c1-30-12-19(17-4-2-3-5-20(17)30)24(34)29-28-23(33)18-7-6-16(11-21(18)31)27-22(32)13-8-14(25)10-15(26)9-13/h2-12,31H,1H3,(H,27,32)(H,28,33)(H,29,34). The number of para-hydroxylation sites is 1. The highest BCUT2D eigenvalue weighted by Gasteiger charge is 2.17. The van der Waals surface area contributed by atoms with Gasteiger partial charge in [-0.1, -0.05) is 18.2 Å². The van der Waals surface area contributed by atoms with Gasteiger partial charge in [-0.25, -0.2) is 8.78 Å². The fraction of sp³-hybridized carbons (Fsp3) is 0.0417. The molecule has 3 aromatic carbocycles. The smallest absolute Gasteiger partial charge is 0.273 e. The lowest BCUT2D eigenvalue weighted by molar-refractivity contribution is 0.0846. The minimum Gasteiger partial charge on any atom is -0.507 e. The number of hydrogen-bond donors (Lipinski definition) is 4. The predicted octanol–water partition coefficient (Wildman–Crippen LogP) is 3.49. The Morgan fingerprint density at radius 1 is 0.824 bits per heavy atom. The van der Waals surface area contributed by atoms with Gasteiger partial charge >= 0.3 is 0 Å². The van der Waals surface area contributed by atoms with Crippen LogP contribution in [0.2, 0.25) is 0 Å². The highest BCUT2D eigenvalue weighted by atomic mass is 19.1. The fourth-order valence-electron chi connectivity index (χ4n) is 3.46. The van der Waals surface area contributed by atoms with Gasteiger partial charge in [-0.2, -0.15) is 0 Å². The van der Waals surface area contributed by atoms with Crippen molar-refractivity contribution in [1.29, 1.82) is 0 Å². The number of carbonyl (C=O) groups is 3. The van der Waals surface area contributed by atoms with Crippen LogP contribution >= 0.6 is 0 Å². The lowest BCUT2D eigenvalue weighted by Gasteiger charge is -2.10. The second kappa shape index (κ2) is 9.02. The molecule has 4 N–H and O–H groups in total. The molecule has 4 rings (SSSR count). The molecular weight excluding hydrogens is 446 g/mol. The van der Waals surface area contributed by atoms with Crippen molar-refractivity contribution < 1.29 is 28.3 Å². The third-order valence-corrected chi connectivity index (χ3v) is 5.06. The zero-order valence-electron chi connectivity index (χ0n) is 17.7. The van der Waals surface area contributed by atoms with Gasteiger partial charge in [0.15, 0.2) is 0 Å². The second-order valence-electron chi connectivity index (χ2n) is 7.42. The number of phenols is 1. The minimum atomic E-state index is -0.912. The van der Waals surface area contributed by atoms with Crippen LogP contribution in [0.1, 0.15) is 31.1 Å². The number of halogens is 2. The molecule has 0 bridgehead atoms. The number of aryl methyl sites for hydroxylation is 1. The van der Waals surface area contributed by atoms with Crippen LogP contribution in [0.15, 0.2) is 66.9 Å². The SMILES string of the molecule is Cn1cc(C(=O)NNC(=O)c2ccc(NC(=O)c3cc(F)cc(F)c3)cc2O)c2ccccc21. The molecule has 4 aromatic rings. The highest BCUT2D eigenvalue weighted by molar-refractivity contribution is 6.08. The molecule has 0 saturated heterocycles.